The predicted octanol–water partition coefficient (Wildman–Crippen LogP) is 4.58. The Balaban J connectivity index is 1.61. The summed E-state index contributed by atoms with van der Waals surface area (Å²) in [4.78, 5) is 33.8. The Labute approximate surface area is 208 Å². The third kappa shape index (κ3) is 4.88. The minimum Gasteiger partial charge on any atom is -0.497 e. The molecular formula is C25H23ClN4O3S. The summed E-state index contributed by atoms with van der Waals surface area (Å²) in [6.07, 6.45) is 3.30. The molecule has 9 heteroatoms. The van der Waals surface area contributed by atoms with Crippen LogP contribution < -0.4 is 15.0 Å². The van der Waals surface area contributed by atoms with Gasteiger partial charge in [0.25, 0.3) is 5.91 Å². The van der Waals surface area contributed by atoms with E-state index in [0.717, 1.165) is 11.1 Å². The van der Waals surface area contributed by atoms with Crippen LogP contribution in [0.3, 0.4) is 0 Å². The summed E-state index contributed by atoms with van der Waals surface area (Å²) < 4.78 is 5.22. The van der Waals surface area contributed by atoms with Crippen molar-refractivity contribution in [2.75, 3.05) is 17.3 Å². The molecule has 1 fully saturated rings. The van der Waals surface area contributed by atoms with Gasteiger partial charge in [-0.05, 0) is 78.8 Å². The molecule has 0 spiro atoms. The average molecular weight is 495 g/mol. The van der Waals surface area contributed by atoms with Crippen molar-refractivity contribution in [1.29, 1.82) is 0 Å². The molecule has 1 aliphatic rings. The summed E-state index contributed by atoms with van der Waals surface area (Å²) in [7, 11) is 1.58. The number of hydrogen-bond acceptors (Lipinski definition) is 5. The number of halogens is 1. The number of carbonyl (C=O) groups excluding carboxylic acids is 2. The maximum Gasteiger partial charge on any atom is 0.256 e. The Kier molecular flexibility index (Phi) is 7.09. The molecule has 2 amide bonds. The molecular weight excluding hydrogens is 472 g/mol. The first-order chi connectivity index (χ1) is 16.4. The van der Waals surface area contributed by atoms with Gasteiger partial charge in [-0.15, -0.1) is 0 Å². The molecule has 34 heavy (non-hydrogen) atoms. The number of nitrogens with zero attached hydrogens (tertiary/aromatic N) is 3. The number of rotatable bonds is 7. The van der Waals surface area contributed by atoms with E-state index in [0.29, 0.717) is 33.8 Å². The van der Waals surface area contributed by atoms with Crippen molar-refractivity contribution in [1.82, 2.24) is 9.88 Å². The molecule has 7 nitrogen and oxygen atoms in total. The number of pyridine rings is 1. The maximum atomic E-state index is 13.5. The molecule has 1 aromatic heterocycles. The summed E-state index contributed by atoms with van der Waals surface area (Å²) in [6, 6.07) is 15.3. The molecule has 3 aromatic rings. The van der Waals surface area contributed by atoms with Crippen molar-refractivity contribution in [2.24, 2.45) is 0 Å². The fourth-order valence-corrected chi connectivity index (χ4v) is 4.35. The summed E-state index contributed by atoms with van der Waals surface area (Å²) in [6.45, 7) is 2.20. The quantitative estimate of drug-likeness (QED) is 0.484. The van der Waals surface area contributed by atoms with Gasteiger partial charge in [0.2, 0.25) is 5.91 Å². The lowest BCUT2D eigenvalue weighted by molar-refractivity contribution is -0.124. The summed E-state index contributed by atoms with van der Waals surface area (Å²) in [5.41, 5.74) is 2.92. The Hall–Kier alpha value is -3.49. The number of ether oxygens (including phenoxy) is 1. The number of amides is 2. The van der Waals surface area contributed by atoms with Crippen molar-refractivity contribution in [3.63, 3.8) is 0 Å². The smallest absolute Gasteiger partial charge is 0.256 e. The molecule has 1 N–H and O–H groups in total. The second-order valence-electron chi connectivity index (χ2n) is 7.82. The lowest BCUT2D eigenvalue weighted by Gasteiger charge is -2.24. The van der Waals surface area contributed by atoms with E-state index in [4.69, 9.17) is 28.6 Å². The molecule has 2 aromatic carbocycles. The Bertz CT molecular complexity index is 1220. The van der Waals surface area contributed by atoms with Crippen LogP contribution in [0.1, 0.15) is 17.5 Å². The van der Waals surface area contributed by atoms with Gasteiger partial charge in [-0.25, -0.2) is 0 Å². The molecule has 4 rings (SSSR count). The van der Waals surface area contributed by atoms with E-state index in [-0.39, 0.29) is 18.2 Å². The van der Waals surface area contributed by atoms with E-state index >= 15 is 0 Å². The van der Waals surface area contributed by atoms with Gasteiger partial charge < -0.3 is 15.0 Å². The van der Waals surface area contributed by atoms with Crippen molar-refractivity contribution >= 4 is 52.1 Å². The van der Waals surface area contributed by atoms with Crippen LogP contribution in [0.5, 0.6) is 5.75 Å². The van der Waals surface area contributed by atoms with Gasteiger partial charge in [-0.3, -0.25) is 19.5 Å². The molecule has 0 radical (unpaired) electrons. The minimum atomic E-state index is -0.762. The van der Waals surface area contributed by atoms with E-state index < -0.39 is 6.04 Å². The van der Waals surface area contributed by atoms with Crippen LogP contribution in [0.2, 0.25) is 5.02 Å². The highest BCUT2D eigenvalue weighted by molar-refractivity contribution is 7.80. The second kappa shape index (κ2) is 10.2. The standard InChI is InChI=1S/C25H23ClN4O3S/c1-16-20(26)4-3-5-21(16)28-23(31)14-22-24(32)30(18-6-8-19(33-2)9-7-18)25(34)29(22)15-17-10-12-27-13-11-17/h3-13,22H,14-15H2,1-2H3,(H,28,31). The number of carbonyl (C=O) groups is 2. The number of methoxy groups -OCH3 is 1. The number of aromatic nitrogens is 1. The number of nitrogens with one attached hydrogen (secondary N) is 1. The van der Waals surface area contributed by atoms with Gasteiger partial charge in [0, 0.05) is 29.6 Å². The zero-order valence-electron chi connectivity index (χ0n) is 18.7. The Morgan fingerprint density at radius 3 is 2.53 bits per heavy atom. The zero-order valence-corrected chi connectivity index (χ0v) is 20.3. The van der Waals surface area contributed by atoms with Gasteiger partial charge in [0.15, 0.2) is 5.11 Å². The van der Waals surface area contributed by atoms with Crippen LogP contribution in [0.25, 0.3) is 0 Å². The van der Waals surface area contributed by atoms with E-state index in [1.54, 1.807) is 66.9 Å². The van der Waals surface area contributed by atoms with E-state index in [1.165, 1.54) is 4.90 Å². The normalized spacial score (nSPS) is 15.6. The topological polar surface area (TPSA) is 74.8 Å². The lowest BCUT2D eigenvalue weighted by Crippen LogP contribution is -2.37. The fourth-order valence-electron chi connectivity index (χ4n) is 3.79. The monoisotopic (exact) mass is 494 g/mol. The van der Waals surface area contributed by atoms with E-state index in [9.17, 15) is 9.59 Å². The van der Waals surface area contributed by atoms with Crippen LogP contribution in [-0.4, -0.2) is 40.0 Å². The van der Waals surface area contributed by atoms with Gasteiger partial charge >= 0.3 is 0 Å². The first-order valence-corrected chi connectivity index (χ1v) is 11.4. The number of benzene rings is 2. The van der Waals surface area contributed by atoms with Crippen molar-refractivity contribution in [3.05, 3.63) is 83.1 Å². The highest BCUT2D eigenvalue weighted by atomic mass is 35.5. The molecule has 1 atom stereocenters. The Morgan fingerprint density at radius 1 is 1.15 bits per heavy atom. The maximum absolute atomic E-state index is 13.5. The lowest BCUT2D eigenvalue weighted by atomic mass is 10.1. The highest BCUT2D eigenvalue weighted by Gasteiger charge is 2.44. The van der Waals surface area contributed by atoms with E-state index in [2.05, 4.69) is 10.3 Å². The van der Waals surface area contributed by atoms with Crippen LogP contribution in [0, 0.1) is 6.92 Å². The molecule has 1 saturated heterocycles. The van der Waals surface area contributed by atoms with Gasteiger partial charge in [-0.2, -0.15) is 0 Å². The van der Waals surface area contributed by atoms with Crippen molar-refractivity contribution in [3.8, 4) is 5.75 Å². The van der Waals surface area contributed by atoms with Crippen LogP contribution >= 0.6 is 23.8 Å². The van der Waals surface area contributed by atoms with E-state index in [1.807, 2.05) is 19.1 Å². The first kappa shape index (κ1) is 23.7. The molecule has 0 bridgehead atoms. The second-order valence-corrected chi connectivity index (χ2v) is 8.59. The number of thiocarbonyl (C=S) groups is 1. The average Bonchev–Trinajstić information content (AvgIpc) is 3.06. The van der Waals surface area contributed by atoms with Gasteiger partial charge in [0.1, 0.15) is 11.8 Å². The first-order valence-electron chi connectivity index (χ1n) is 10.6. The van der Waals surface area contributed by atoms with Crippen molar-refractivity contribution < 1.29 is 14.3 Å². The van der Waals surface area contributed by atoms with Crippen LogP contribution in [-0.2, 0) is 16.1 Å². The van der Waals surface area contributed by atoms with Gasteiger partial charge in [0.05, 0.1) is 19.2 Å². The predicted molar refractivity (Wildman–Crippen MR) is 136 cm³/mol. The number of anilines is 2. The zero-order chi connectivity index (χ0) is 24.2. The molecule has 2 heterocycles. The summed E-state index contributed by atoms with van der Waals surface area (Å²) in [5, 5.41) is 3.77. The number of hydrogen-bond donors (Lipinski definition) is 1. The summed E-state index contributed by atoms with van der Waals surface area (Å²) >= 11 is 11.9. The van der Waals surface area contributed by atoms with Crippen LogP contribution in [0.4, 0.5) is 11.4 Å². The SMILES string of the molecule is COc1ccc(N2C(=O)C(CC(=O)Nc3cccc(Cl)c3C)N(Cc3ccncc3)C2=S)cc1. The molecule has 0 saturated carbocycles. The fraction of sp³-hybridized carbons (Fsp3) is 0.200. The van der Waals surface area contributed by atoms with Crippen molar-refractivity contribution in [2.45, 2.75) is 25.9 Å². The van der Waals surface area contributed by atoms with Crippen LogP contribution in [0.15, 0.2) is 67.0 Å². The molecule has 1 unspecified atom stereocenters. The third-order valence-electron chi connectivity index (χ3n) is 5.67. The largest absolute Gasteiger partial charge is 0.497 e. The molecule has 0 aliphatic carbocycles. The minimum absolute atomic E-state index is 0.0668. The highest BCUT2D eigenvalue weighted by Crippen LogP contribution is 2.30. The Morgan fingerprint density at radius 2 is 1.85 bits per heavy atom. The van der Waals surface area contributed by atoms with Gasteiger partial charge in [-0.1, -0.05) is 17.7 Å². The molecule has 1 aliphatic heterocycles. The third-order valence-corrected chi connectivity index (χ3v) is 6.50. The molecule has 174 valence electrons. The summed E-state index contributed by atoms with van der Waals surface area (Å²) in [5.74, 6) is 0.104.